The smallest absolute Gasteiger partial charge is 0.0616 e. The standard InChI is InChI=1S/C21H21S/c1-16-10-4-7-13-19(16)22(20-14-8-5-11-17(20)2)21-15-9-6-12-18(21)3/h4-15H,1-3H3/q+1. The van der Waals surface area contributed by atoms with Crippen LogP contribution in [0.3, 0.4) is 0 Å². The molecule has 0 unspecified atom stereocenters. The third-order valence-corrected chi connectivity index (χ3v) is 6.63. The van der Waals surface area contributed by atoms with Crippen molar-refractivity contribution in [3.05, 3.63) is 89.5 Å². The average molecular weight is 305 g/mol. The van der Waals surface area contributed by atoms with Crippen LogP contribution in [-0.2, 0) is 10.9 Å². The molecule has 0 bridgehead atoms. The van der Waals surface area contributed by atoms with Gasteiger partial charge < -0.3 is 0 Å². The van der Waals surface area contributed by atoms with Crippen LogP contribution in [0.25, 0.3) is 0 Å². The molecule has 22 heavy (non-hydrogen) atoms. The second-order valence-corrected chi connectivity index (χ2v) is 7.53. The van der Waals surface area contributed by atoms with Crippen molar-refractivity contribution in [2.75, 3.05) is 0 Å². The maximum atomic E-state index is 2.28. The zero-order valence-corrected chi connectivity index (χ0v) is 14.2. The van der Waals surface area contributed by atoms with Crippen molar-refractivity contribution < 1.29 is 0 Å². The molecule has 3 rings (SSSR count). The van der Waals surface area contributed by atoms with Crippen LogP contribution < -0.4 is 0 Å². The lowest BCUT2D eigenvalue weighted by Gasteiger charge is -2.13. The van der Waals surface area contributed by atoms with E-state index >= 15 is 0 Å². The van der Waals surface area contributed by atoms with E-state index in [9.17, 15) is 0 Å². The van der Waals surface area contributed by atoms with Crippen molar-refractivity contribution in [3.8, 4) is 0 Å². The molecule has 0 amide bonds. The fraction of sp³-hybridized carbons (Fsp3) is 0.143. The van der Waals surface area contributed by atoms with E-state index in [4.69, 9.17) is 0 Å². The highest BCUT2D eigenvalue weighted by Gasteiger charge is 2.32. The Bertz CT molecular complexity index is 681. The first-order chi connectivity index (χ1) is 10.7. The van der Waals surface area contributed by atoms with E-state index in [0.717, 1.165) is 0 Å². The maximum absolute atomic E-state index is 2.28. The van der Waals surface area contributed by atoms with Gasteiger partial charge >= 0.3 is 0 Å². The number of hydrogen-bond acceptors (Lipinski definition) is 0. The topological polar surface area (TPSA) is 0 Å². The monoisotopic (exact) mass is 305 g/mol. The van der Waals surface area contributed by atoms with Crippen LogP contribution in [0.5, 0.6) is 0 Å². The first-order valence-corrected chi connectivity index (χ1v) is 8.82. The Morgan fingerprint density at radius 3 is 1.00 bits per heavy atom. The Balaban J connectivity index is 2.27. The quantitative estimate of drug-likeness (QED) is 0.544. The Kier molecular flexibility index (Phi) is 4.35. The third kappa shape index (κ3) is 2.82. The molecule has 0 saturated heterocycles. The van der Waals surface area contributed by atoms with Crippen molar-refractivity contribution in [2.45, 2.75) is 35.5 Å². The lowest BCUT2D eigenvalue weighted by Crippen LogP contribution is -2.09. The average Bonchev–Trinajstić information content (AvgIpc) is 2.53. The molecule has 0 aromatic heterocycles. The first kappa shape index (κ1) is 14.9. The Hall–Kier alpha value is -1.99. The van der Waals surface area contributed by atoms with Crippen LogP contribution in [0.15, 0.2) is 87.5 Å². The summed E-state index contributed by atoms with van der Waals surface area (Å²) in [5.41, 5.74) is 4.08. The van der Waals surface area contributed by atoms with E-state index in [2.05, 4.69) is 93.6 Å². The van der Waals surface area contributed by atoms with Crippen LogP contribution in [0.4, 0.5) is 0 Å². The molecular formula is C21H21S+. The van der Waals surface area contributed by atoms with Crippen LogP contribution in [0.1, 0.15) is 16.7 Å². The number of aryl methyl sites for hydroxylation is 3. The highest BCUT2D eigenvalue weighted by molar-refractivity contribution is 7.97. The fourth-order valence-electron chi connectivity index (χ4n) is 2.71. The first-order valence-electron chi connectivity index (χ1n) is 7.59. The van der Waals surface area contributed by atoms with Gasteiger partial charge in [-0.2, -0.15) is 0 Å². The molecule has 3 aromatic rings. The summed E-state index contributed by atoms with van der Waals surface area (Å²) in [5, 5.41) is 0. The molecule has 0 nitrogen and oxygen atoms in total. The van der Waals surface area contributed by atoms with Gasteiger partial charge in [-0.15, -0.1) is 0 Å². The normalized spacial score (nSPS) is 10.9. The largest absolute Gasteiger partial charge is 0.169 e. The molecule has 0 atom stereocenters. The lowest BCUT2D eigenvalue weighted by atomic mass is 10.2. The minimum Gasteiger partial charge on any atom is -0.0616 e. The van der Waals surface area contributed by atoms with Crippen LogP contribution in [-0.4, -0.2) is 0 Å². The van der Waals surface area contributed by atoms with Gasteiger partial charge in [-0.25, -0.2) is 0 Å². The SMILES string of the molecule is Cc1ccccc1[S+](c1ccccc1C)c1ccccc1C. The highest BCUT2D eigenvalue weighted by atomic mass is 32.2. The maximum Gasteiger partial charge on any atom is 0.169 e. The van der Waals surface area contributed by atoms with Crippen molar-refractivity contribution in [2.24, 2.45) is 0 Å². The Morgan fingerprint density at radius 1 is 0.455 bits per heavy atom. The van der Waals surface area contributed by atoms with E-state index in [1.807, 2.05) is 0 Å². The molecule has 0 spiro atoms. The van der Waals surface area contributed by atoms with Crippen LogP contribution >= 0.6 is 0 Å². The van der Waals surface area contributed by atoms with Crippen molar-refractivity contribution in [3.63, 3.8) is 0 Å². The molecule has 0 radical (unpaired) electrons. The van der Waals surface area contributed by atoms with Gasteiger partial charge in [0.2, 0.25) is 0 Å². The summed E-state index contributed by atoms with van der Waals surface area (Å²) in [6, 6.07) is 26.3. The van der Waals surface area contributed by atoms with E-state index < -0.39 is 0 Å². The third-order valence-electron chi connectivity index (χ3n) is 3.94. The minimum atomic E-state index is -0.0494. The van der Waals surface area contributed by atoms with Gasteiger partial charge in [-0.3, -0.25) is 0 Å². The summed E-state index contributed by atoms with van der Waals surface area (Å²) in [7, 11) is -0.0494. The predicted octanol–water partition coefficient (Wildman–Crippen LogP) is 5.71. The van der Waals surface area contributed by atoms with Crippen LogP contribution in [0.2, 0.25) is 0 Å². The summed E-state index contributed by atoms with van der Waals surface area (Å²) in [6.45, 7) is 6.64. The predicted molar refractivity (Wildman–Crippen MR) is 95.7 cm³/mol. The minimum absolute atomic E-state index is 0.0494. The van der Waals surface area contributed by atoms with Crippen molar-refractivity contribution in [1.29, 1.82) is 0 Å². The van der Waals surface area contributed by atoms with Gasteiger partial charge in [0.25, 0.3) is 0 Å². The summed E-state index contributed by atoms with van der Waals surface area (Å²) < 4.78 is 0. The van der Waals surface area contributed by atoms with E-state index in [0.29, 0.717) is 0 Å². The molecular weight excluding hydrogens is 284 g/mol. The number of hydrogen-bond donors (Lipinski definition) is 0. The lowest BCUT2D eigenvalue weighted by molar-refractivity contribution is 1.20. The number of benzene rings is 3. The molecule has 0 aliphatic rings. The second-order valence-electron chi connectivity index (χ2n) is 5.60. The summed E-state index contributed by atoms with van der Waals surface area (Å²) in [6.07, 6.45) is 0. The highest BCUT2D eigenvalue weighted by Crippen LogP contribution is 2.36. The summed E-state index contributed by atoms with van der Waals surface area (Å²) in [4.78, 5) is 4.27. The molecule has 110 valence electrons. The molecule has 0 saturated carbocycles. The molecule has 3 aromatic carbocycles. The summed E-state index contributed by atoms with van der Waals surface area (Å²) >= 11 is 0. The van der Waals surface area contributed by atoms with E-state index in [-0.39, 0.29) is 10.9 Å². The molecule has 0 N–H and O–H groups in total. The zero-order valence-electron chi connectivity index (χ0n) is 13.3. The van der Waals surface area contributed by atoms with E-state index in [1.165, 1.54) is 31.4 Å². The molecule has 0 aliphatic carbocycles. The molecule has 0 fully saturated rings. The van der Waals surface area contributed by atoms with Gasteiger partial charge in [-0.05, 0) is 39.0 Å². The van der Waals surface area contributed by atoms with E-state index in [1.54, 1.807) is 0 Å². The number of rotatable bonds is 3. The van der Waals surface area contributed by atoms with Gasteiger partial charge in [0.05, 0.1) is 0 Å². The molecule has 0 heterocycles. The Morgan fingerprint density at radius 2 is 0.727 bits per heavy atom. The summed E-state index contributed by atoms with van der Waals surface area (Å²) in [5.74, 6) is 0. The molecule has 1 heteroatoms. The van der Waals surface area contributed by atoms with Crippen molar-refractivity contribution >= 4 is 10.9 Å². The van der Waals surface area contributed by atoms with Crippen LogP contribution in [0, 0.1) is 20.8 Å². The Labute approximate surface area is 136 Å². The fourth-order valence-corrected chi connectivity index (χ4v) is 5.24. The van der Waals surface area contributed by atoms with Gasteiger partial charge in [0, 0.05) is 16.7 Å². The van der Waals surface area contributed by atoms with Gasteiger partial charge in [0.15, 0.2) is 14.7 Å². The zero-order chi connectivity index (χ0) is 15.5. The van der Waals surface area contributed by atoms with Gasteiger partial charge in [-0.1, -0.05) is 54.6 Å². The van der Waals surface area contributed by atoms with Crippen molar-refractivity contribution in [1.82, 2.24) is 0 Å². The molecule has 0 aliphatic heterocycles. The second kappa shape index (κ2) is 6.41. The van der Waals surface area contributed by atoms with Gasteiger partial charge in [0.1, 0.15) is 10.9 Å².